The van der Waals surface area contributed by atoms with Crippen LogP contribution in [0.3, 0.4) is 0 Å². The van der Waals surface area contributed by atoms with Gasteiger partial charge in [0.05, 0.1) is 17.5 Å². The first-order chi connectivity index (χ1) is 18.0. The molecule has 2 aromatic heterocycles. The van der Waals surface area contributed by atoms with E-state index in [0.29, 0.717) is 23.4 Å². The van der Waals surface area contributed by atoms with Gasteiger partial charge in [-0.15, -0.1) is 11.3 Å². The van der Waals surface area contributed by atoms with Crippen molar-refractivity contribution in [2.45, 2.75) is 96.1 Å². The molecule has 5 rings (SSSR count). The van der Waals surface area contributed by atoms with Crippen LogP contribution in [0.15, 0.2) is 35.7 Å². The molecule has 2 N–H and O–H groups in total. The Kier molecular flexibility index (Phi) is 8.28. The summed E-state index contributed by atoms with van der Waals surface area (Å²) < 4.78 is 2.44. The topological polar surface area (TPSA) is 84.2 Å². The monoisotopic (exact) mass is 521 g/mol. The van der Waals surface area contributed by atoms with Gasteiger partial charge in [-0.3, -0.25) is 9.59 Å². The summed E-state index contributed by atoms with van der Waals surface area (Å²) in [5.74, 6) is 1.08. The number of aromatic nitrogens is 2. The third kappa shape index (κ3) is 6.25. The number of amides is 1. The van der Waals surface area contributed by atoms with Gasteiger partial charge in [0.25, 0.3) is 5.91 Å². The van der Waals surface area contributed by atoms with Crippen LogP contribution in [0.25, 0.3) is 11.0 Å². The lowest BCUT2D eigenvalue weighted by Gasteiger charge is -2.31. The molecule has 2 fully saturated rings. The molecule has 6 nitrogen and oxygen atoms in total. The summed E-state index contributed by atoms with van der Waals surface area (Å²) in [6, 6.07) is 10.1. The summed E-state index contributed by atoms with van der Waals surface area (Å²) in [4.78, 5) is 31.2. The smallest absolute Gasteiger partial charge is 0.305 e. The van der Waals surface area contributed by atoms with Crippen LogP contribution in [0.4, 0.5) is 0 Å². The van der Waals surface area contributed by atoms with Gasteiger partial charge >= 0.3 is 5.97 Å². The first kappa shape index (κ1) is 26.0. The molecule has 2 heterocycles. The number of carboxylic acid groups (broad SMARTS) is 1. The largest absolute Gasteiger partial charge is 0.481 e. The summed E-state index contributed by atoms with van der Waals surface area (Å²) in [5, 5.41) is 14.6. The van der Waals surface area contributed by atoms with Crippen molar-refractivity contribution in [1.82, 2.24) is 14.9 Å². The number of hydrogen-bond acceptors (Lipinski definition) is 4. The van der Waals surface area contributed by atoms with E-state index in [1.54, 1.807) is 11.3 Å². The number of nitrogens with zero attached hydrogens (tertiary/aromatic N) is 2. The number of thiophene rings is 1. The summed E-state index contributed by atoms with van der Waals surface area (Å²) in [7, 11) is 0. The zero-order valence-electron chi connectivity index (χ0n) is 21.8. The van der Waals surface area contributed by atoms with Gasteiger partial charge in [-0.1, -0.05) is 57.9 Å². The number of carboxylic acids is 1. The highest BCUT2D eigenvalue weighted by Gasteiger charge is 2.28. The standard InChI is InChI=1S/C30H39N3O3S/c1-20-8-5-6-12-26(20)33-27-14-13-22(17-25(27)32-28(33)19-24-11-7-15-37-24)30(36)31-23(18-29(34)35)16-21-9-3-2-4-10-21/h7,11,13-15,17,20-21,23,26H,2-6,8-10,12,16,18-19H2,1H3,(H,31,36)(H,34,35)/t20-,23?,26?/m1/s1. The maximum atomic E-state index is 13.3. The van der Waals surface area contributed by atoms with E-state index in [0.717, 1.165) is 49.0 Å². The fourth-order valence-electron chi connectivity index (χ4n) is 6.53. The molecule has 2 aliphatic carbocycles. The van der Waals surface area contributed by atoms with Gasteiger partial charge < -0.3 is 15.0 Å². The van der Waals surface area contributed by atoms with Gasteiger partial charge in [0.15, 0.2) is 0 Å². The molecule has 3 aromatic rings. The van der Waals surface area contributed by atoms with Crippen LogP contribution >= 0.6 is 11.3 Å². The van der Waals surface area contributed by atoms with E-state index < -0.39 is 5.97 Å². The predicted octanol–water partition coefficient (Wildman–Crippen LogP) is 6.98. The van der Waals surface area contributed by atoms with Crippen molar-refractivity contribution in [2.75, 3.05) is 0 Å². The number of aliphatic carboxylic acids is 1. The number of carbonyl (C=O) groups excluding carboxylic acids is 1. The van der Waals surface area contributed by atoms with Crippen molar-refractivity contribution in [3.63, 3.8) is 0 Å². The molecule has 2 saturated carbocycles. The summed E-state index contributed by atoms with van der Waals surface area (Å²) >= 11 is 1.75. The van der Waals surface area contributed by atoms with Crippen LogP contribution in [0.2, 0.25) is 0 Å². The SMILES string of the molecule is C[C@@H]1CCCCC1n1c(Cc2cccs2)nc2cc(C(=O)NC(CC(=O)O)CC3CCCCC3)ccc21. The second-order valence-electron chi connectivity index (χ2n) is 11.2. The molecular formula is C30H39N3O3S. The molecule has 2 aliphatic rings. The molecule has 3 atom stereocenters. The van der Waals surface area contributed by atoms with Crippen molar-refractivity contribution in [3.8, 4) is 0 Å². The highest BCUT2D eigenvalue weighted by molar-refractivity contribution is 7.09. The van der Waals surface area contributed by atoms with E-state index in [2.05, 4.69) is 34.3 Å². The van der Waals surface area contributed by atoms with Crippen LogP contribution in [-0.2, 0) is 11.2 Å². The van der Waals surface area contributed by atoms with E-state index in [1.807, 2.05) is 18.2 Å². The van der Waals surface area contributed by atoms with Crippen molar-refractivity contribution < 1.29 is 14.7 Å². The molecular weight excluding hydrogens is 482 g/mol. The molecule has 1 amide bonds. The molecule has 2 unspecified atom stereocenters. The molecule has 7 heteroatoms. The third-order valence-electron chi connectivity index (χ3n) is 8.43. The van der Waals surface area contributed by atoms with E-state index in [9.17, 15) is 14.7 Å². The first-order valence-corrected chi connectivity index (χ1v) is 14.9. The lowest BCUT2D eigenvalue weighted by Crippen LogP contribution is -2.38. The maximum Gasteiger partial charge on any atom is 0.305 e. The molecule has 1 aromatic carbocycles. The van der Waals surface area contributed by atoms with Crippen LogP contribution in [-0.4, -0.2) is 32.6 Å². The van der Waals surface area contributed by atoms with Crippen molar-refractivity contribution in [2.24, 2.45) is 11.8 Å². The molecule has 0 radical (unpaired) electrons. The van der Waals surface area contributed by atoms with Crippen LogP contribution in [0, 0.1) is 11.8 Å². The van der Waals surface area contributed by atoms with Gasteiger partial charge in [-0.05, 0) is 60.7 Å². The van der Waals surface area contributed by atoms with E-state index >= 15 is 0 Å². The van der Waals surface area contributed by atoms with Crippen molar-refractivity contribution in [1.29, 1.82) is 0 Å². The molecule has 0 spiro atoms. The summed E-state index contributed by atoms with van der Waals surface area (Å²) in [6.07, 6.45) is 12.3. The average molecular weight is 522 g/mol. The maximum absolute atomic E-state index is 13.3. The first-order valence-electron chi connectivity index (χ1n) is 14.0. The van der Waals surface area contributed by atoms with E-state index in [-0.39, 0.29) is 18.4 Å². The van der Waals surface area contributed by atoms with Gasteiger partial charge in [0.2, 0.25) is 0 Å². The summed E-state index contributed by atoms with van der Waals surface area (Å²) in [5.41, 5.74) is 2.49. The Balaban J connectivity index is 1.41. The molecule has 0 bridgehead atoms. The Morgan fingerprint density at radius 3 is 2.62 bits per heavy atom. The Morgan fingerprint density at radius 1 is 1.11 bits per heavy atom. The lowest BCUT2D eigenvalue weighted by atomic mass is 9.84. The summed E-state index contributed by atoms with van der Waals surface area (Å²) in [6.45, 7) is 2.35. The number of nitrogens with one attached hydrogen (secondary N) is 1. The molecule has 0 saturated heterocycles. The fraction of sp³-hybridized carbons (Fsp3) is 0.567. The Hall–Kier alpha value is -2.67. The molecule has 198 valence electrons. The zero-order valence-corrected chi connectivity index (χ0v) is 22.6. The van der Waals surface area contributed by atoms with E-state index in [1.165, 1.54) is 43.4 Å². The highest BCUT2D eigenvalue weighted by Crippen LogP contribution is 2.37. The number of fused-ring (bicyclic) bond motifs is 1. The molecule has 0 aliphatic heterocycles. The van der Waals surface area contributed by atoms with Crippen molar-refractivity contribution >= 4 is 34.2 Å². The zero-order chi connectivity index (χ0) is 25.8. The normalized spacial score (nSPS) is 21.6. The number of carbonyl (C=O) groups is 2. The number of benzene rings is 1. The van der Waals surface area contributed by atoms with Crippen LogP contribution in [0.1, 0.15) is 105 Å². The van der Waals surface area contributed by atoms with Gasteiger partial charge in [-0.25, -0.2) is 4.98 Å². The number of imidazole rings is 1. The molecule has 37 heavy (non-hydrogen) atoms. The second-order valence-corrected chi connectivity index (χ2v) is 12.2. The quantitative estimate of drug-likeness (QED) is 0.318. The van der Waals surface area contributed by atoms with Gasteiger partial charge in [0.1, 0.15) is 5.82 Å². The van der Waals surface area contributed by atoms with Crippen LogP contribution in [0.5, 0.6) is 0 Å². The van der Waals surface area contributed by atoms with Crippen molar-refractivity contribution in [3.05, 3.63) is 52.0 Å². The number of hydrogen-bond donors (Lipinski definition) is 2. The minimum absolute atomic E-state index is 0.0381. The van der Waals surface area contributed by atoms with Gasteiger partial charge in [-0.2, -0.15) is 0 Å². The Morgan fingerprint density at radius 2 is 1.89 bits per heavy atom. The van der Waals surface area contributed by atoms with E-state index in [4.69, 9.17) is 4.98 Å². The van der Waals surface area contributed by atoms with Crippen LogP contribution < -0.4 is 5.32 Å². The fourth-order valence-corrected chi connectivity index (χ4v) is 7.23. The minimum Gasteiger partial charge on any atom is -0.481 e. The Labute approximate surface area is 223 Å². The predicted molar refractivity (Wildman–Crippen MR) is 148 cm³/mol. The lowest BCUT2D eigenvalue weighted by molar-refractivity contribution is -0.137. The highest BCUT2D eigenvalue weighted by atomic mass is 32.1. The second kappa shape index (κ2) is 11.8. The number of rotatable bonds is 9. The Bertz CT molecular complexity index is 1210. The third-order valence-corrected chi connectivity index (χ3v) is 9.31. The minimum atomic E-state index is -0.866. The van der Waals surface area contributed by atoms with Gasteiger partial charge in [0, 0.05) is 28.9 Å². The average Bonchev–Trinajstić information content (AvgIpc) is 3.52.